The van der Waals surface area contributed by atoms with Crippen LogP contribution in [-0.4, -0.2) is 35.2 Å². The Morgan fingerprint density at radius 2 is 1.83 bits per heavy atom. The summed E-state index contributed by atoms with van der Waals surface area (Å²) < 4.78 is 5.22. The SMILES string of the molecule is COc1nccnc1N1CC(c2ccncc2)C1. The minimum absolute atomic E-state index is 0.541. The summed E-state index contributed by atoms with van der Waals surface area (Å²) >= 11 is 0. The number of rotatable bonds is 3. The Morgan fingerprint density at radius 3 is 2.56 bits per heavy atom. The molecule has 0 spiro atoms. The summed E-state index contributed by atoms with van der Waals surface area (Å²) in [5.41, 5.74) is 1.32. The molecule has 0 aromatic carbocycles. The van der Waals surface area contributed by atoms with E-state index in [1.807, 2.05) is 12.4 Å². The first-order valence-electron chi connectivity index (χ1n) is 5.88. The van der Waals surface area contributed by atoms with Crippen molar-refractivity contribution in [3.05, 3.63) is 42.5 Å². The van der Waals surface area contributed by atoms with Gasteiger partial charge < -0.3 is 9.64 Å². The van der Waals surface area contributed by atoms with E-state index in [4.69, 9.17) is 4.74 Å². The summed E-state index contributed by atoms with van der Waals surface area (Å²) in [4.78, 5) is 14.7. The molecule has 0 N–H and O–H groups in total. The van der Waals surface area contributed by atoms with Gasteiger partial charge >= 0.3 is 0 Å². The molecular formula is C13H14N4O. The summed E-state index contributed by atoms with van der Waals surface area (Å²) in [5.74, 6) is 1.95. The van der Waals surface area contributed by atoms with Gasteiger partial charge in [0.2, 0.25) is 0 Å². The first-order chi connectivity index (χ1) is 8.88. The third-order valence-electron chi connectivity index (χ3n) is 3.20. The largest absolute Gasteiger partial charge is 0.478 e. The third kappa shape index (κ3) is 1.88. The van der Waals surface area contributed by atoms with Crippen LogP contribution in [-0.2, 0) is 0 Å². The molecule has 18 heavy (non-hydrogen) atoms. The first kappa shape index (κ1) is 11.0. The van der Waals surface area contributed by atoms with Gasteiger partial charge in [-0.25, -0.2) is 9.97 Å². The molecule has 0 amide bonds. The topological polar surface area (TPSA) is 51.1 Å². The molecule has 0 bridgehead atoms. The van der Waals surface area contributed by atoms with Gasteiger partial charge in [0.15, 0.2) is 5.82 Å². The van der Waals surface area contributed by atoms with E-state index in [1.165, 1.54) is 5.56 Å². The van der Waals surface area contributed by atoms with Crippen LogP contribution in [0.4, 0.5) is 5.82 Å². The monoisotopic (exact) mass is 242 g/mol. The normalized spacial score (nSPS) is 15.3. The van der Waals surface area contributed by atoms with Crippen LogP contribution in [0.25, 0.3) is 0 Å². The van der Waals surface area contributed by atoms with Crippen LogP contribution < -0.4 is 9.64 Å². The van der Waals surface area contributed by atoms with Crippen molar-refractivity contribution in [2.45, 2.75) is 5.92 Å². The lowest BCUT2D eigenvalue weighted by Gasteiger charge is -2.40. The highest BCUT2D eigenvalue weighted by Gasteiger charge is 2.31. The van der Waals surface area contributed by atoms with Gasteiger partial charge in [0, 0.05) is 43.8 Å². The highest BCUT2D eigenvalue weighted by Crippen LogP contribution is 2.33. The Hall–Kier alpha value is -2.17. The maximum atomic E-state index is 5.22. The zero-order chi connectivity index (χ0) is 12.4. The van der Waals surface area contributed by atoms with E-state index in [0.29, 0.717) is 11.8 Å². The molecule has 1 saturated heterocycles. The highest BCUT2D eigenvalue weighted by atomic mass is 16.5. The van der Waals surface area contributed by atoms with Crippen molar-refractivity contribution >= 4 is 5.82 Å². The summed E-state index contributed by atoms with van der Waals surface area (Å²) in [6.45, 7) is 1.89. The average molecular weight is 242 g/mol. The number of methoxy groups -OCH3 is 1. The Kier molecular flexibility index (Phi) is 2.80. The van der Waals surface area contributed by atoms with Crippen LogP contribution in [0.3, 0.4) is 0 Å². The predicted molar refractivity (Wildman–Crippen MR) is 67.8 cm³/mol. The summed E-state index contributed by atoms with van der Waals surface area (Å²) in [7, 11) is 1.62. The molecule has 5 heteroatoms. The fraction of sp³-hybridized carbons (Fsp3) is 0.308. The van der Waals surface area contributed by atoms with Gasteiger partial charge in [-0.3, -0.25) is 4.98 Å². The molecule has 92 valence electrons. The molecule has 2 aromatic rings. The third-order valence-corrected chi connectivity index (χ3v) is 3.20. The van der Waals surface area contributed by atoms with Gasteiger partial charge in [-0.15, -0.1) is 0 Å². The molecule has 2 aromatic heterocycles. The van der Waals surface area contributed by atoms with Crippen molar-refractivity contribution in [2.24, 2.45) is 0 Å². The van der Waals surface area contributed by atoms with Gasteiger partial charge in [0.25, 0.3) is 5.88 Å². The van der Waals surface area contributed by atoms with Crippen LogP contribution in [0, 0.1) is 0 Å². The Morgan fingerprint density at radius 1 is 1.11 bits per heavy atom. The predicted octanol–water partition coefficient (Wildman–Crippen LogP) is 1.48. The molecule has 0 atom stereocenters. The minimum atomic E-state index is 0.541. The number of hydrogen-bond acceptors (Lipinski definition) is 5. The van der Waals surface area contributed by atoms with Crippen molar-refractivity contribution < 1.29 is 4.74 Å². The molecule has 5 nitrogen and oxygen atoms in total. The quantitative estimate of drug-likeness (QED) is 0.816. The Bertz CT molecular complexity index is 526. The van der Waals surface area contributed by atoms with Crippen molar-refractivity contribution in [1.82, 2.24) is 15.0 Å². The summed E-state index contributed by atoms with van der Waals surface area (Å²) in [5, 5.41) is 0. The fourth-order valence-electron chi connectivity index (χ4n) is 2.18. The van der Waals surface area contributed by atoms with Crippen LogP contribution in [0.5, 0.6) is 5.88 Å². The number of pyridine rings is 1. The van der Waals surface area contributed by atoms with Gasteiger partial charge in [-0.2, -0.15) is 0 Å². The highest BCUT2D eigenvalue weighted by molar-refractivity contribution is 5.51. The lowest BCUT2D eigenvalue weighted by molar-refractivity contribution is 0.389. The average Bonchev–Trinajstić information content (AvgIpc) is 2.39. The lowest BCUT2D eigenvalue weighted by atomic mass is 9.92. The number of ether oxygens (including phenoxy) is 1. The van der Waals surface area contributed by atoms with Crippen molar-refractivity contribution in [3.63, 3.8) is 0 Å². The van der Waals surface area contributed by atoms with Crippen molar-refractivity contribution in [1.29, 1.82) is 0 Å². The maximum Gasteiger partial charge on any atom is 0.257 e. The first-order valence-corrected chi connectivity index (χ1v) is 5.88. The lowest BCUT2D eigenvalue weighted by Crippen LogP contribution is -2.45. The van der Waals surface area contributed by atoms with Gasteiger partial charge in [-0.05, 0) is 17.7 Å². The second kappa shape index (κ2) is 4.60. The number of anilines is 1. The van der Waals surface area contributed by atoms with E-state index in [9.17, 15) is 0 Å². The molecule has 3 heterocycles. The fourth-order valence-corrected chi connectivity index (χ4v) is 2.18. The molecule has 0 saturated carbocycles. The Labute approximate surface area is 105 Å². The molecule has 0 aliphatic carbocycles. The second-order valence-corrected chi connectivity index (χ2v) is 4.27. The van der Waals surface area contributed by atoms with Crippen LogP contribution in [0.1, 0.15) is 11.5 Å². The van der Waals surface area contributed by atoms with Crippen LogP contribution in [0.2, 0.25) is 0 Å². The van der Waals surface area contributed by atoms with E-state index in [-0.39, 0.29) is 0 Å². The minimum Gasteiger partial charge on any atom is -0.478 e. The zero-order valence-electron chi connectivity index (χ0n) is 10.2. The van der Waals surface area contributed by atoms with E-state index < -0.39 is 0 Å². The molecule has 1 aliphatic rings. The summed E-state index contributed by atoms with van der Waals surface area (Å²) in [6.07, 6.45) is 7.00. The number of hydrogen-bond donors (Lipinski definition) is 0. The maximum absolute atomic E-state index is 5.22. The smallest absolute Gasteiger partial charge is 0.257 e. The van der Waals surface area contributed by atoms with E-state index in [1.54, 1.807) is 19.5 Å². The molecule has 1 aliphatic heterocycles. The molecule has 0 radical (unpaired) electrons. The van der Waals surface area contributed by atoms with Crippen LogP contribution in [0.15, 0.2) is 36.9 Å². The molecule has 0 unspecified atom stereocenters. The van der Waals surface area contributed by atoms with Gasteiger partial charge in [0.1, 0.15) is 0 Å². The van der Waals surface area contributed by atoms with E-state index in [2.05, 4.69) is 32.0 Å². The van der Waals surface area contributed by atoms with Crippen LogP contribution >= 0.6 is 0 Å². The van der Waals surface area contributed by atoms with Crippen molar-refractivity contribution in [2.75, 3.05) is 25.1 Å². The standard InChI is InChI=1S/C13H14N4O/c1-18-13-12(15-6-7-16-13)17-8-11(9-17)10-2-4-14-5-3-10/h2-7,11H,8-9H2,1H3. The second-order valence-electron chi connectivity index (χ2n) is 4.27. The molecule has 1 fully saturated rings. The van der Waals surface area contributed by atoms with Crippen molar-refractivity contribution in [3.8, 4) is 5.88 Å². The van der Waals surface area contributed by atoms with E-state index in [0.717, 1.165) is 18.9 Å². The molecule has 3 rings (SSSR count). The number of nitrogens with zero attached hydrogens (tertiary/aromatic N) is 4. The van der Waals surface area contributed by atoms with Gasteiger partial charge in [0.05, 0.1) is 7.11 Å². The number of aromatic nitrogens is 3. The van der Waals surface area contributed by atoms with E-state index >= 15 is 0 Å². The van der Waals surface area contributed by atoms with Gasteiger partial charge in [-0.1, -0.05) is 0 Å². The summed E-state index contributed by atoms with van der Waals surface area (Å²) in [6, 6.07) is 4.13. The molecular weight excluding hydrogens is 228 g/mol. The Balaban J connectivity index is 1.72. The zero-order valence-corrected chi connectivity index (χ0v) is 10.2.